The molecule has 2 unspecified atom stereocenters. The van der Waals surface area contributed by atoms with E-state index in [1.54, 1.807) is 0 Å². The molecule has 0 bridgehead atoms. The van der Waals surface area contributed by atoms with Crippen molar-refractivity contribution in [1.29, 1.82) is 0 Å². The van der Waals surface area contributed by atoms with Crippen molar-refractivity contribution in [3.05, 3.63) is 12.1 Å². The van der Waals surface area contributed by atoms with Crippen LogP contribution in [0.5, 0.6) is 0 Å². The van der Waals surface area contributed by atoms with Gasteiger partial charge in [0.25, 0.3) is 30.4 Å². The molecule has 0 spiro atoms. The normalized spacial score (nSPS) is 14.2. The summed E-state index contributed by atoms with van der Waals surface area (Å²) in [6.45, 7) is 11.3. The fourth-order valence-electron chi connectivity index (χ4n) is 4.77. The molecule has 0 aliphatic heterocycles. The summed E-state index contributed by atoms with van der Waals surface area (Å²) in [5.41, 5.74) is 6.32. The lowest BCUT2D eigenvalue weighted by atomic mass is 10.0. The Morgan fingerprint density at radius 3 is 1.50 bits per heavy atom. The fourth-order valence-corrected chi connectivity index (χ4v) is 9.80. The molecule has 0 heterocycles. The molecular weight excluding hydrogens is 623 g/mol. The Bertz CT molecular complexity index is 1270. The second-order valence-corrected chi connectivity index (χ2v) is 17.4. The fraction of sp³-hybridized carbons (Fsp3) is 0.778. The maximum absolute atomic E-state index is 12.2. The minimum Gasteiger partial charge on any atom is -0.324 e. The highest BCUT2D eigenvalue weighted by Crippen LogP contribution is 2.32. The number of unbranched alkanes of at least 4 members (excludes halogenated alkanes) is 6. The first-order chi connectivity index (χ1) is 19.3. The second-order valence-electron chi connectivity index (χ2n) is 11.8. The van der Waals surface area contributed by atoms with Crippen LogP contribution in [0.3, 0.4) is 0 Å². The zero-order chi connectivity index (χ0) is 32.1. The highest BCUT2D eigenvalue weighted by atomic mass is 32.2. The third-order valence-electron chi connectivity index (χ3n) is 6.98. The molecule has 15 heteroatoms. The third-order valence-corrected chi connectivity index (χ3v) is 11.6. The minimum absolute atomic E-state index is 0.258. The van der Waals surface area contributed by atoms with Gasteiger partial charge in [-0.3, -0.25) is 13.7 Å². The molecule has 5 N–H and O–H groups in total. The van der Waals surface area contributed by atoms with Gasteiger partial charge in [-0.1, -0.05) is 93.7 Å². The Morgan fingerprint density at radius 1 is 0.643 bits per heavy atom. The van der Waals surface area contributed by atoms with Crippen LogP contribution in [0, 0.1) is 11.8 Å². The van der Waals surface area contributed by atoms with Crippen molar-refractivity contribution in [2.75, 3.05) is 19.6 Å². The standard InChI is InChI=1S/C27H51N2O9PS3/c1-21(2)13-9-5-7-11-18-29(19-12-8-6-10-14-22(3)4)20-17-25(28)39-23-15-16-24(40(30,31)32)27(42(36,37)38)26(23)41(33,34)35/h15-16,21-22,25,39H,5-14,17-20,28H2,1-4H3,(H,30,31,32)(H,33,34,35)(H,36,37,38). The van der Waals surface area contributed by atoms with E-state index in [-0.39, 0.29) is 5.30 Å². The molecule has 2 atom stereocenters. The summed E-state index contributed by atoms with van der Waals surface area (Å²) < 4.78 is 101. The van der Waals surface area contributed by atoms with Crippen molar-refractivity contribution >= 4 is 44.2 Å². The molecule has 1 aromatic rings. The highest BCUT2D eigenvalue weighted by molar-refractivity contribution is 7.91. The van der Waals surface area contributed by atoms with Crippen LogP contribution >= 0.6 is 8.58 Å². The molecule has 0 aromatic heterocycles. The van der Waals surface area contributed by atoms with E-state index in [0.29, 0.717) is 30.9 Å². The van der Waals surface area contributed by atoms with Crippen LogP contribution in [0.15, 0.2) is 26.8 Å². The molecule has 0 aliphatic carbocycles. The van der Waals surface area contributed by atoms with Gasteiger partial charge in [-0.15, -0.1) is 0 Å². The van der Waals surface area contributed by atoms with Gasteiger partial charge in [0.2, 0.25) is 0 Å². The summed E-state index contributed by atoms with van der Waals surface area (Å²) in [7, 11) is -16.6. The van der Waals surface area contributed by atoms with Crippen LogP contribution in [0.1, 0.15) is 98.3 Å². The topological polar surface area (TPSA) is 192 Å². The van der Waals surface area contributed by atoms with Gasteiger partial charge in [-0.2, -0.15) is 25.3 Å². The third kappa shape index (κ3) is 15.3. The van der Waals surface area contributed by atoms with E-state index >= 15 is 0 Å². The van der Waals surface area contributed by atoms with E-state index < -0.39 is 59.4 Å². The zero-order valence-electron chi connectivity index (χ0n) is 25.3. The van der Waals surface area contributed by atoms with Gasteiger partial charge in [-0.25, -0.2) is 0 Å². The molecular formula is C27H51N2O9PS3. The van der Waals surface area contributed by atoms with Crippen LogP contribution in [0.4, 0.5) is 0 Å². The lowest BCUT2D eigenvalue weighted by molar-refractivity contribution is 0.256. The van der Waals surface area contributed by atoms with Gasteiger partial charge in [0, 0.05) is 5.78 Å². The Morgan fingerprint density at radius 2 is 1.10 bits per heavy atom. The average molecular weight is 675 g/mol. The van der Waals surface area contributed by atoms with E-state index in [0.717, 1.165) is 44.8 Å². The Kier molecular flexibility index (Phi) is 17.1. The van der Waals surface area contributed by atoms with E-state index in [4.69, 9.17) is 5.73 Å². The zero-order valence-corrected chi connectivity index (χ0v) is 28.8. The molecule has 0 fully saturated rings. The van der Waals surface area contributed by atoms with Crippen molar-refractivity contribution in [2.24, 2.45) is 17.6 Å². The van der Waals surface area contributed by atoms with Gasteiger partial charge < -0.3 is 10.6 Å². The Hall–Kier alpha value is -0.700. The molecule has 1 rings (SSSR count). The molecule has 0 aliphatic rings. The Labute approximate surface area is 255 Å². The number of benzene rings is 1. The summed E-state index contributed by atoms with van der Waals surface area (Å²) in [4.78, 5) is -1.91. The number of nitrogens with two attached hydrogens (primary N) is 1. The lowest BCUT2D eigenvalue weighted by Crippen LogP contribution is -2.32. The first-order valence-corrected chi connectivity index (χ1v) is 20.1. The van der Waals surface area contributed by atoms with E-state index in [1.807, 2.05) is 0 Å². The van der Waals surface area contributed by atoms with Gasteiger partial charge in [-0.05, 0) is 62.1 Å². The van der Waals surface area contributed by atoms with Crippen LogP contribution in [0.25, 0.3) is 0 Å². The molecule has 11 nitrogen and oxygen atoms in total. The first kappa shape index (κ1) is 39.3. The quantitative estimate of drug-likeness (QED) is 0.0741. The van der Waals surface area contributed by atoms with E-state index in [1.165, 1.54) is 38.5 Å². The van der Waals surface area contributed by atoms with Gasteiger partial charge in [0.15, 0.2) is 0 Å². The predicted molar refractivity (Wildman–Crippen MR) is 169 cm³/mol. The number of nitrogens with zero attached hydrogens (tertiary/aromatic N) is 1. The summed E-state index contributed by atoms with van der Waals surface area (Å²) >= 11 is 0. The van der Waals surface area contributed by atoms with Gasteiger partial charge >= 0.3 is 0 Å². The maximum Gasteiger partial charge on any atom is 0.297 e. The lowest BCUT2D eigenvalue weighted by Gasteiger charge is -2.24. The predicted octanol–water partition coefficient (Wildman–Crippen LogP) is 4.92. The smallest absolute Gasteiger partial charge is 0.297 e. The number of hydrogen-bond donors (Lipinski definition) is 4. The van der Waals surface area contributed by atoms with Crippen molar-refractivity contribution in [3.63, 3.8) is 0 Å². The molecule has 0 radical (unpaired) electrons. The summed E-state index contributed by atoms with van der Waals surface area (Å²) in [5.74, 6) is 0.744. The number of rotatable bonds is 22. The first-order valence-electron chi connectivity index (χ1n) is 14.7. The summed E-state index contributed by atoms with van der Waals surface area (Å²) in [6, 6.07) is 1.65. The molecule has 0 saturated carbocycles. The Balaban J connectivity index is 2.99. The maximum atomic E-state index is 12.2. The SMILES string of the molecule is CC(C)CCCCCCN(CCCCCCC(C)C)CCC(N)Pc1ccc(S(=O)(=O)O)c(S(=O)(=O)O)c1S(=O)(=O)O. The van der Waals surface area contributed by atoms with E-state index in [9.17, 15) is 38.9 Å². The molecule has 246 valence electrons. The van der Waals surface area contributed by atoms with Gasteiger partial charge in [0.1, 0.15) is 14.7 Å². The van der Waals surface area contributed by atoms with Crippen molar-refractivity contribution in [1.82, 2.24) is 4.90 Å². The van der Waals surface area contributed by atoms with Crippen molar-refractivity contribution in [2.45, 2.75) is 119 Å². The summed E-state index contributed by atoms with van der Waals surface area (Å²) in [6.07, 6.45) is 12.0. The van der Waals surface area contributed by atoms with Crippen LogP contribution in [-0.4, -0.2) is 69.2 Å². The van der Waals surface area contributed by atoms with Crippen LogP contribution in [-0.2, 0) is 30.4 Å². The molecule has 1 aromatic carbocycles. The van der Waals surface area contributed by atoms with Crippen molar-refractivity contribution < 1.29 is 38.9 Å². The molecule has 0 amide bonds. The largest absolute Gasteiger partial charge is 0.324 e. The van der Waals surface area contributed by atoms with Gasteiger partial charge in [0.05, 0.1) is 0 Å². The van der Waals surface area contributed by atoms with Crippen LogP contribution in [0.2, 0.25) is 0 Å². The van der Waals surface area contributed by atoms with Crippen LogP contribution < -0.4 is 11.0 Å². The molecule has 0 saturated heterocycles. The minimum atomic E-state index is -5.48. The van der Waals surface area contributed by atoms with Crippen molar-refractivity contribution in [3.8, 4) is 0 Å². The molecule has 42 heavy (non-hydrogen) atoms. The van der Waals surface area contributed by atoms with E-state index in [2.05, 4.69) is 32.6 Å². The number of hydrogen-bond acceptors (Lipinski definition) is 8. The highest BCUT2D eigenvalue weighted by Gasteiger charge is 2.35. The summed E-state index contributed by atoms with van der Waals surface area (Å²) in [5, 5.41) is -0.258. The average Bonchev–Trinajstić information content (AvgIpc) is 2.83. The second kappa shape index (κ2) is 18.3. The monoisotopic (exact) mass is 674 g/mol.